The Hall–Kier alpha value is -3.57. The zero-order chi connectivity index (χ0) is 22.7. The van der Waals surface area contributed by atoms with Crippen LogP contribution in [-0.2, 0) is 18.8 Å². The number of fused-ring (bicyclic) bond motifs is 2. The van der Waals surface area contributed by atoms with Gasteiger partial charge in [-0.05, 0) is 30.3 Å². The van der Waals surface area contributed by atoms with Crippen molar-refractivity contribution in [3.63, 3.8) is 0 Å². The Bertz CT molecular complexity index is 1270. The first-order valence-corrected chi connectivity index (χ1v) is 9.50. The molecule has 1 aliphatic heterocycles. The van der Waals surface area contributed by atoms with Crippen LogP contribution in [0.15, 0.2) is 49.1 Å². The van der Waals surface area contributed by atoms with E-state index >= 15 is 0 Å². The average molecular weight is 452 g/mol. The van der Waals surface area contributed by atoms with Crippen LogP contribution < -0.4 is 4.90 Å². The molecule has 4 aromatic rings. The summed E-state index contributed by atoms with van der Waals surface area (Å²) in [6, 6.07) is 4.98. The average Bonchev–Trinajstić information content (AvgIpc) is 3.38. The predicted octanol–water partition coefficient (Wildman–Crippen LogP) is 4.64. The molecule has 1 atom stereocenters. The van der Waals surface area contributed by atoms with E-state index in [1.54, 1.807) is 4.90 Å². The molecule has 5 heterocycles. The van der Waals surface area contributed by atoms with E-state index in [4.69, 9.17) is 0 Å². The summed E-state index contributed by atoms with van der Waals surface area (Å²) in [5.41, 5.74) is -0.260. The second-order valence-electron chi connectivity index (χ2n) is 7.33. The summed E-state index contributed by atoms with van der Waals surface area (Å²) >= 11 is 0. The topological polar surface area (TPSA) is 62.1 Å². The summed E-state index contributed by atoms with van der Waals surface area (Å²) in [7, 11) is 0. The lowest BCUT2D eigenvalue weighted by atomic mass is 9.99. The minimum Gasteiger partial charge on any atom is -0.348 e. The Morgan fingerprint density at radius 1 is 1.00 bits per heavy atom. The molecule has 1 N–H and O–H groups in total. The van der Waals surface area contributed by atoms with Crippen molar-refractivity contribution in [3.8, 4) is 0 Å². The van der Waals surface area contributed by atoms with Gasteiger partial charge < -0.3 is 9.88 Å². The fourth-order valence-corrected chi connectivity index (χ4v) is 3.95. The number of aromatic amines is 1. The van der Waals surface area contributed by atoms with Crippen LogP contribution in [0.1, 0.15) is 34.3 Å². The van der Waals surface area contributed by atoms with Gasteiger partial charge in [0.15, 0.2) is 0 Å². The first-order valence-electron chi connectivity index (χ1n) is 9.50. The number of imidazole rings is 1. The fraction of sp³-hybridized carbons (Fsp3) is 0.250. The molecule has 32 heavy (non-hydrogen) atoms. The molecule has 0 saturated heterocycles. The van der Waals surface area contributed by atoms with Crippen LogP contribution in [0.25, 0.3) is 5.52 Å². The Kier molecular flexibility index (Phi) is 4.43. The predicted molar refractivity (Wildman–Crippen MR) is 101 cm³/mol. The first-order chi connectivity index (χ1) is 15.1. The van der Waals surface area contributed by atoms with Crippen molar-refractivity contribution in [1.82, 2.24) is 24.6 Å². The highest BCUT2D eigenvalue weighted by Gasteiger charge is 2.37. The van der Waals surface area contributed by atoms with E-state index in [0.717, 1.165) is 28.5 Å². The Morgan fingerprint density at radius 2 is 1.81 bits per heavy atom. The number of hydrogen-bond acceptors (Lipinski definition) is 4. The van der Waals surface area contributed by atoms with Crippen LogP contribution in [0.4, 0.5) is 32.2 Å². The van der Waals surface area contributed by atoms with Gasteiger partial charge in [-0.3, -0.25) is 0 Å². The molecule has 0 unspecified atom stereocenters. The van der Waals surface area contributed by atoms with Crippen molar-refractivity contribution < 1.29 is 26.3 Å². The quantitative estimate of drug-likeness (QED) is 0.450. The number of pyridine rings is 2. The van der Waals surface area contributed by atoms with Crippen molar-refractivity contribution in [3.05, 3.63) is 77.3 Å². The molecule has 0 fully saturated rings. The number of alkyl halides is 6. The normalized spacial score (nSPS) is 17.1. The number of anilines is 1. The third-order valence-electron chi connectivity index (χ3n) is 5.40. The zero-order valence-electron chi connectivity index (χ0n) is 16.1. The molecule has 0 amide bonds. The lowest BCUT2D eigenvalue weighted by molar-refractivity contribution is -0.138. The number of aromatic nitrogens is 5. The van der Waals surface area contributed by atoms with Gasteiger partial charge >= 0.3 is 12.4 Å². The van der Waals surface area contributed by atoms with E-state index in [0.29, 0.717) is 18.7 Å². The van der Waals surface area contributed by atoms with Crippen molar-refractivity contribution >= 4 is 11.3 Å². The smallest absolute Gasteiger partial charge is 0.348 e. The highest BCUT2D eigenvalue weighted by atomic mass is 19.4. The Morgan fingerprint density at radius 3 is 2.50 bits per heavy atom. The second kappa shape index (κ2) is 6.97. The van der Waals surface area contributed by atoms with E-state index in [1.807, 2.05) is 0 Å². The number of nitrogens with zero attached hydrogens (tertiary/aromatic N) is 5. The maximum atomic E-state index is 13.5. The van der Waals surface area contributed by atoms with E-state index < -0.39 is 29.5 Å². The maximum absolute atomic E-state index is 13.5. The summed E-state index contributed by atoms with van der Waals surface area (Å²) in [5.74, 6) is 0.241. The number of rotatable bonds is 2. The molecule has 166 valence electrons. The summed E-state index contributed by atoms with van der Waals surface area (Å²) < 4.78 is 80.3. The number of halogens is 6. The summed E-state index contributed by atoms with van der Waals surface area (Å²) in [6.07, 6.45) is -4.98. The van der Waals surface area contributed by atoms with Crippen LogP contribution in [0.2, 0.25) is 0 Å². The van der Waals surface area contributed by atoms with Gasteiger partial charge in [0.1, 0.15) is 11.9 Å². The number of nitrogens with one attached hydrogen (secondary N) is 1. The lowest BCUT2D eigenvalue weighted by Gasteiger charge is -2.35. The fourth-order valence-electron chi connectivity index (χ4n) is 3.95. The highest BCUT2D eigenvalue weighted by molar-refractivity contribution is 5.59. The molecule has 6 nitrogen and oxygen atoms in total. The first kappa shape index (κ1) is 20.3. The molecule has 5 rings (SSSR count). The third kappa shape index (κ3) is 3.35. The molecule has 1 aliphatic rings. The Labute approximate surface area is 176 Å². The standard InChI is InChI=1S/C20H14F6N6/c21-19(22,23)11-3-4-16(27-9-11)31-7-5-13-17(29-10-28-13)18(31)14-8-15-12(20(24,25)26)2-1-6-32(15)30-14/h1-4,6,8-10,18H,5,7H2,(H,28,29)/t18-/m0/s1. The molecule has 0 spiro atoms. The van der Waals surface area contributed by atoms with Gasteiger partial charge in [-0.15, -0.1) is 0 Å². The van der Waals surface area contributed by atoms with E-state index in [2.05, 4.69) is 20.1 Å². The summed E-state index contributed by atoms with van der Waals surface area (Å²) in [4.78, 5) is 13.0. The van der Waals surface area contributed by atoms with Gasteiger partial charge in [-0.2, -0.15) is 31.4 Å². The maximum Gasteiger partial charge on any atom is 0.418 e. The van der Waals surface area contributed by atoms with Crippen molar-refractivity contribution in [2.75, 3.05) is 11.4 Å². The van der Waals surface area contributed by atoms with Crippen LogP contribution in [0.5, 0.6) is 0 Å². The van der Waals surface area contributed by atoms with Gasteiger partial charge in [0.25, 0.3) is 0 Å². The molecule has 0 saturated carbocycles. The molecular weight excluding hydrogens is 438 g/mol. The van der Waals surface area contributed by atoms with Gasteiger partial charge in [0.05, 0.1) is 34.4 Å². The molecule has 0 bridgehead atoms. The summed E-state index contributed by atoms with van der Waals surface area (Å²) in [5, 5.41) is 4.33. The van der Waals surface area contributed by atoms with Gasteiger partial charge in [-0.1, -0.05) is 0 Å². The number of H-pyrrole nitrogens is 1. The zero-order valence-corrected chi connectivity index (χ0v) is 16.1. The third-order valence-corrected chi connectivity index (χ3v) is 5.40. The molecule has 0 radical (unpaired) electrons. The molecular formula is C20H14F6N6. The molecule has 0 aliphatic carbocycles. The number of hydrogen-bond donors (Lipinski definition) is 1. The van der Waals surface area contributed by atoms with Crippen LogP contribution in [-0.4, -0.2) is 31.1 Å². The lowest BCUT2D eigenvalue weighted by Crippen LogP contribution is -2.37. The van der Waals surface area contributed by atoms with Gasteiger partial charge in [0, 0.05) is 31.1 Å². The van der Waals surface area contributed by atoms with Gasteiger partial charge in [-0.25, -0.2) is 14.5 Å². The van der Waals surface area contributed by atoms with Crippen LogP contribution >= 0.6 is 0 Å². The van der Waals surface area contributed by atoms with E-state index in [9.17, 15) is 26.3 Å². The van der Waals surface area contributed by atoms with Crippen molar-refractivity contribution in [2.24, 2.45) is 0 Å². The monoisotopic (exact) mass is 452 g/mol. The van der Waals surface area contributed by atoms with Crippen molar-refractivity contribution in [2.45, 2.75) is 24.8 Å². The summed E-state index contributed by atoms with van der Waals surface area (Å²) in [6.45, 7) is 0.359. The van der Waals surface area contributed by atoms with Crippen molar-refractivity contribution in [1.29, 1.82) is 0 Å². The second-order valence-corrected chi connectivity index (χ2v) is 7.33. The molecule has 12 heteroatoms. The van der Waals surface area contributed by atoms with Crippen LogP contribution in [0.3, 0.4) is 0 Å². The largest absolute Gasteiger partial charge is 0.418 e. The van der Waals surface area contributed by atoms with Crippen LogP contribution in [0, 0.1) is 0 Å². The molecule has 4 aromatic heterocycles. The van der Waals surface area contributed by atoms with Gasteiger partial charge in [0.2, 0.25) is 0 Å². The SMILES string of the molecule is FC(F)(F)c1ccc(N2CCc3[nH]cnc3[C@@H]2c2cc3c(C(F)(F)F)cccn3n2)nc1. The minimum atomic E-state index is -4.57. The van der Waals surface area contributed by atoms with E-state index in [1.165, 1.54) is 30.7 Å². The minimum absolute atomic E-state index is 0.127. The molecule has 0 aromatic carbocycles. The Balaban J connectivity index is 1.63. The van der Waals surface area contributed by atoms with E-state index in [-0.39, 0.29) is 17.0 Å². The highest BCUT2D eigenvalue weighted by Crippen LogP contribution is 2.39.